The number of nitrogens with zero attached hydrogens (tertiary/aromatic N) is 1. The lowest BCUT2D eigenvalue weighted by atomic mass is 10.0. The number of benzene rings is 1. The summed E-state index contributed by atoms with van der Waals surface area (Å²) in [5.41, 5.74) is 0.650. The van der Waals surface area contributed by atoms with E-state index in [1.165, 1.54) is 12.1 Å². The average molecular weight is 365 g/mol. The van der Waals surface area contributed by atoms with E-state index < -0.39 is 35.5 Å². The molecule has 10 heteroatoms. The van der Waals surface area contributed by atoms with Gasteiger partial charge in [-0.05, 0) is 18.4 Å². The fourth-order valence-electron chi connectivity index (χ4n) is 2.72. The molecule has 4 N–H and O–H groups in total. The van der Waals surface area contributed by atoms with Gasteiger partial charge in [0, 0.05) is 18.1 Å². The molecule has 0 aliphatic carbocycles. The zero-order chi connectivity index (χ0) is 19.3. The first kappa shape index (κ1) is 19.5. The van der Waals surface area contributed by atoms with Crippen molar-refractivity contribution in [2.75, 3.05) is 0 Å². The third-order valence-electron chi connectivity index (χ3n) is 4.06. The summed E-state index contributed by atoms with van der Waals surface area (Å²) in [5.74, 6) is 1.08. The van der Waals surface area contributed by atoms with Gasteiger partial charge in [0.15, 0.2) is 6.29 Å². The van der Waals surface area contributed by atoms with Crippen LogP contribution in [0.5, 0.6) is 0 Å². The van der Waals surface area contributed by atoms with Gasteiger partial charge in [0.05, 0.1) is 11.0 Å². The molecule has 1 aromatic carbocycles. The Morgan fingerprint density at radius 3 is 2.65 bits per heavy atom. The van der Waals surface area contributed by atoms with Crippen LogP contribution in [0.3, 0.4) is 0 Å². The smallest absolute Gasteiger partial charge is 0.409 e. The van der Waals surface area contributed by atoms with Gasteiger partial charge in [0.25, 0.3) is 5.69 Å². The first-order valence-electron chi connectivity index (χ1n) is 7.88. The Labute approximate surface area is 148 Å². The molecule has 1 aliphatic heterocycles. The fraction of sp³-hybridized carbons (Fsp3) is 0.438. The average Bonchev–Trinajstić information content (AvgIpc) is 2.92. The highest BCUT2D eigenvalue weighted by molar-refractivity contribution is 5.71. The number of hydrogen-bond donors (Lipinski definition) is 4. The van der Waals surface area contributed by atoms with Crippen molar-refractivity contribution in [3.63, 3.8) is 0 Å². The molecule has 0 aromatic heterocycles. The summed E-state index contributed by atoms with van der Waals surface area (Å²) in [7, 11) is 0. The SMILES string of the molecule is CC(CC1NC(Cc2ccc([N+](=O)[O-])cc2)C(O)O1)C(=C=O)NC(=O)O. The summed E-state index contributed by atoms with van der Waals surface area (Å²) in [5, 5.41) is 34.4. The van der Waals surface area contributed by atoms with Gasteiger partial charge in [0.1, 0.15) is 17.9 Å². The number of hydrogen-bond acceptors (Lipinski definition) is 7. The van der Waals surface area contributed by atoms with Crippen LogP contribution in [0.2, 0.25) is 0 Å². The highest BCUT2D eigenvalue weighted by Crippen LogP contribution is 2.22. The standard InChI is InChI=1S/C16H19N3O7/c1-9(13(8-20)18-16(22)23)6-14-17-12(15(21)26-14)7-10-2-4-11(5-3-10)19(24)25/h2-5,9,12,14-15,17-18,21H,6-7H2,1H3,(H,22,23). The van der Waals surface area contributed by atoms with Gasteiger partial charge in [-0.15, -0.1) is 0 Å². The van der Waals surface area contributed by atoms with Crippen LogP contribution in [0.15, 0.2) is 30.0 Å². The van der Waals surface area contributed by atoms with E-state index in [0.717, 1.165) is 5.56 Å². The lowest BCUT2D eigenvalue weighted by molar-refractivity contribution is -0.384. The third kappa shape index (κ3) is 5.11. The van der Waals surface area contributed by atoms with Crippen LogP contribution in [0.25, 0.3) is 0 Å². The molecular weight excluding hydrogens is 346 g/mol. The van der Waals surface area contributed by atoms with Crippen LogP contribution < -0.4 is 10.6 Å². The van der Waals surface area contributed by atoms with Gasteiger partial charge in [-0.3, -0.25) is 20.7 Å². The number of carboxylic acid groups (broad SMARTS) is 1. The molecule has 0 spiro atoms. The van der Waals surface area contributed by atoms with Gasteiger partial charge in [-0.25, -0.2) is 9.59 Å². The van der Waals surface area contributed by atoms with Crippen molar-refractivity contribution in [1.82, 2.24) is 10.6 Å². The molecule has 2 rings (SSSR count). The van der Waals surface area contributed by atoms with Crippen LogP contribution in [0.4, 0.5) is 10.5 Å². The molecule has 1 aromatic rings. The first-order valence-corrected chi connectivity index (χ1v) is 7.88. The molecule has 0 saturated carbocycles. The molecule has 4 unspecified atom stereocenters. The number of carbonyl (C=O) groups excluding carboxylic acids is 1. The third-order valence-corrected chi connectivity index (χ3v) is 4.06. The van der Waals surface area contributed by atoms with Gasteiger partial charge in [-0.1, -0.05) is 19.1 Å². The Balaban J connectivity index is 1.93. The number of aliphatic hydroxyl groups is 1. The van der Waals surface area contributed by atoms with E-state index in [2.05, 4.69) is 5.32 Å². The minimum atomic E-state index is -1.36. The molecule has 0 bridgehead atoms. The van der Waals surface area contributed by atoms with Gasteiger partial charge in [0.2, 0.25) is 0 Å². The number of allylic oxidation sites excluding steroid dienone is 1. The molecule has 1 fully saturated rings. The quantitative estimate of drug-likeness (QED) is 0.314. The van der Waals surface area contributed by atoms with Crippen molar-refractivity contribution in [1.29, 1.82) is 0 Å². The molecule has 140 valence electrons. The summed E-state index contributed by atoms with van der Waals surface area (Å²) in [4.78, 5) is 31.7. The summed E-state index contributed by atoms with van der Waals surface area (Å²) < 4.78 is 5.40. The number of aliphatic hydroxyl groups excluding tert-OH is 1. The van der Waals surface area contributed by atoms with Crippen molar-refractivity contribution < 1.29 is 29.5 Å². The van der Waals surface area contributed by atoms with Gasteiger partial charge >= 0.3 is 6.09 Å². The molecule has 1 heterocycles. The number of carbonyl (C=O) groups is 1. The minimum Gasteiger partial charge on any atom is -0.465 e. The maximum atomic E-state index is 10.9. The predicted molar refractivity (Wildman–Crippen MR) is 88.8 cm³/mol. The largest absolute Gasteiger partial charge is 0.465 e. The number of amides is 1. The van der Waals surface area contributed by atoms with E-state index >= 15 is 0 Å². The molecule has 1 amide bonds. The zero-order valence-electron chi connectivity index (χ0n) is 13.9. The van der Waals surface area contributed by atoms with E-state index in [1.54, 1.807) is 25.0 Å². The van der Waals surface area contributed by atoms with E-state index in [1.807, 2.05) is 5.32 Å². The van der Waals surface area contributed by atoms with Crippen LogP contribution in [0, 0.1) is 16.0 Å². The second kappa shape index (κ2) is 8.54. The van der Waals surface area contributed by atoms with E-state index in [4.69, 9.17) is 9.84 Å². The van der Waals surface area contributed by atoms with Crippen molar-refractivity contribution >= 4 is 17.7 Å². The van der Waals surface area contributed by atoms with Gasteiger partial charge < -0.3 is 14.9 Å². The lowest BCUT2D eigenvalue weighted by Crippen LogP contribution is -2.36. The topological polar surface area (TPSA) is 151 Å². The molecular formula is C16H19N3O7. The summed E-state index contributed by atoms with van der Waals surface area (Å²) in [6, 6.07) is 5.54. The van der Waals surface area contributed by atoms with Crippen LogP contribution in [0.1, 0.15) is 18.9 Å². The Hall–Kier alpha value is -2.78. The lowest BCUT2D eigenvalue weighted by Gasteiger charge is -2.17. The molecule has 1 aliphatic rings. The second-order valence-corrected chi connectivity index (χ2v) is 6.00. The maximum absolute atomic E-state index is 10.9. The highest BCUT2D eigenvalue weighted by Gasteiger charge is 2.34. The van der Waals surface area contributed by atoms with Crippen LogP contribution >= 0.6 is 0 Å². The number of nitrogens with one attached hydrogen (secondary N) is 2. The maximum Gasteiger partial charge on any atom is 0.409 e. The first-order chi connectivity index (χ1) is 12.3. The molecule has 26 heavy (non-hydrogen) atoms. The monoisotopic (exact) mass is 365 g/mol. The van der Waals surface area contributed by atoms with Crippen molar-refractivity contribution in [3.8, 4) is 0 Å². The summed E-state index contributed by atoms with van der Waals surface area (Å²) >= 11 is 0. The number of non-ortho nitro benzene ring substituents is 1. The summed E-state index contributed by atoms with van der Waals surface area (Å²) in [6.07, 6.45) is -2.40. The Morgan fingerprint density at radius 1 is 1.46 bits per heavy atom. The normalized spacial score (nSPS) is 23.1. The van der Waals surface area contributed by atoms with Crippen LogP contribution in [-0.2, 0) is 16.0 Å². The number of ether oxygens (including phenoxy) is 1. The van der Waals surface area contributed by atoms with E-state index in [9.17, 15) is 24.8 Å². The Bertz CT molecular complexity index is 715. The zero-order valence-corrected chi connectivity index (χ0v) is 13.9. The summed E-state index contributed by atoms with van der Waals surface area (Å²) in [6.45, 7) is 1.64. The molecule has 0 radical (unpaired) electrons. The van der Waals surface area contributed by atoms with Crippen LogP contribution in [-0.4, -0.2) is 45.7 Å². The van der Waals surface area contributed by atoms with Crippen molar-refractivity contribution in [2.45, 2.75) is 38.3 Å². The number of nitro benzene ring substituents is 1. The van der Waals surface area contributed by atoms with Gasteiger partial charge in [-0.2, -0.15) is 0 Å². The molecule has 1 saturated heterocycles. The number of rotatable bonds is 7. The Morgan fingerprint density at radius 2 is 2.12 bits per heavy atom. The van der Waals surface area contributed by atoms with Crippen molar-refractivity contribution in [3.05, 3.63) is 45.6 Å². The van der Waals surface area contributed by atoms with E-state index in [0.29, 0.717) is 6.42 Å². The Kier molecular flexibility index (Phi) is 6.42. The van der Waals surface area contributed by atoms with E-state index in [-0.39, 0.29) is 17.8 Å². The molecule has 10 nitrogen and oxygen atoms in total. The minimum absolute atomic E-state index is 0.0178. The number of nitro groups is 1. The van der Waals surface area contributed by atoms with Crippen molar-refractivity contribution in [2.24, 2.45) is 5.92 Å². The second-order valence-electron chi connectivity index (χ2n) is 6.00. The molecule has 4 atom stereocenters. The fourth-order valence-corrected chi connectivity index (χ4v) is 2.72. The predicted octanol–water partition coefficient (Wildman–Crippen LogP) is 0.779. The highest BCUT2D eigenvalue weighted by atomic mass is 16.6.